The topological polar surface area (TPSA) is 73.1 Å². The Morgan fingerprint density at radius 2 is 1.88 bits per heavy atom. The van der Waals surface area contributed by atoms with Crippen LogP contribution >= 0.6 is 0 Å². The van der Waals surface area contributed by atoms with Crippen LogP contribution in [0.2, 0.25) is 0 Å². The molecule has 2 saturated carbocycles. The van der Waals surface area contributed by atoms with Crippen molar-refractivity contribution in [1.29, 1.82) is 0 Å². The van der Waals surface area contributed by atoms with Gasteiger partial charge in [0.05, 0.1) is 5.56 Å². The van der Waals surface area contributed by atoms with Crippen LogP contribution < -0.4 is 11.1 Å². The zero-order valence-electron chi connectivity index (χ0n) is 15.9. The van der Waals surface area contributed by atoms with E-state index in [9.17, 15) is 9.90 Å². The molecule has 0 spiro atoms. The number of carboxylic acids is 1. The number of benzene rings is 1. The number of para-hydroxylation sites is 1. The van der Waals surface area contributed by atoms with E-state index in [2.05, 4.69) is 12.2 Å². The fourth-order valence-electron chi connectivity index (χ4n) is 5.27. The normalized spacial score (nSPS) is 30.1. The summed E-state index contributed by atoms with van der Waals surface area (Å²) in [7, 11) is 0. The Morgan fingerprint density at radius 3 is 2.58 bits per heavy atom. The van der Waals surface area contributed by atoms with Crippen LogP contribution in [-0.2, 0) is 0 Å². The summed E-state index contributed by atoms with van der Waals surface area (Å²) in [5.41, 5.74) is 9.81. The number of aromatic carboxylic acids is 1. The Labute approximate surface area is 157 Å². The van der Waals surface area contributed by atoms with E-state index < -0.39 is 5.97 Å². The molecule has 1 aromatic rings. The third-order valence-corrected chi connectivity index (χ3v) is 6.58. The molecule has 2 unspecified atom stereocenters. The van der Waals surface area contributed by atoms with Gasteiger partial charge < -0.3 is 10.4 Å². The van der Waals surface area contributed by atoms with Gasteiger partial charge in [0, 0.05) is 17.8 Å². The van der Waals surface area contributed by atoms with Crippen molar-refractivity contribution in [3.8, 4) is 0 Å². The zero-order chi connectivity index (χ0) is 18.5. The number of carboxylic acid groups (broad SMARTS) is 1. The van der Waals surface area contributed by atoms with Crippen LogP contribution in [0.25, 0.3) is 0 Å². The van der Waals surface area contributed by atoms with Crippen molar-refractivity contribution in [3.05, 3.63) is 29.8 Å². The van der Waals surface area contributed by atoms with Crippen molar-refractivity contribution in [2.45, 2.75) is 76.8 Å². The highest BCUT2D eigenvalue weighted by Crippen LogP contribution is 2.42. The average molecular weight is 358 g/mol. The van der Waals surface area contributed by atoms with Gasteiger partial charge in [-0.05, 0) is 49.1 Å². The molecule has 0 aromatic heterocycles. The minimum absolute atomic E-state index is 0.0369. The summed E-state index contributed by atoms with van der Waals surface area (Å²) in [6.45, 7) is 2.18. The Balaban J connectivity index is 1.79. The first-order chi connectivity index (χ1) is 12.6. The number of hydrogen-bond donors (Lipinski definition) is 2. The van der Waals surface area contributed by atoms with E-state index in [4.69, 9.17) is 5.73 Å². The third-order valence-electron chi connectivity index (χ3n) is 6.58. The molecule has 0 saturated heterocycles. The highest BCUT2D eigenvalue weighted by atomic mass is 16.4. The van der Waals surface area contributed by atoms with E-state index in [-0.39, 0.29) is 12.1 Å². The number of rotatable bonds is 6. The van der Waals surface area contributed by atoms with Crippen molar-refractivity contribution in [2.24, 2.45) is 17.8 Å². The molecule has 0 aliphatic heterocycles. The molecule has 4 heteroatoms. The van der Waals surface area contributed by atoms with Gasteiger partial charge in [0.1, 0.15) is 0 Å². The third kappa shape index (κ3) is 4.40. The van der Waals surface area contributed by atoms with E-state index in [1.807, 2.05) is 12.1 Å². The lowest BCUT2D eigenvalue weighted by atomic mass is 9.66. The maximum absolute atomic E-state index is 11.6. The van der Waals surface area contributed by atoms with Gasteiger partial charge in [-0.3, -0.25) is 5.73 Å². The first kappa shape index (κ1) is 19.2. The van der Waals surface area contributed by atoms with Crippen LogP contribution in [0.1, 0.15) is 75.1 Å². The molecule has 1 aromatic carbocycles. The molecule has 143 valence electrons. The van der Waals surface area contributed by atoms with Gasteiger partial charge in [-0.2, -0.15) is 0 Å². The van der Waals surface area contributed by atoms with Gasteiger partial charge in [-0.1, -0.05) is 57.6 Å². The predicted octanol–water partition coefficient (Wildman–Crippen LogP) is 5.22. The summed E-state index contributed by atoms with van der Waals surface area (Å²) in [5.74, 6) is 0.794. The van der Waals surface area contributed by atoms with E-state index in [0.29, 0.717) is 23.1 Å². The fraction of sp³-hybridized carbons (Fsp3) is 0.682. The van der Waals surface area contributed by atoms with Crippen LogP contribution in [0, 0.1) is 17.8 Å². The number of carbonyl (C=O) groups is 1. The highest BCUT2D eigenvalue weighted by Gasteiger charge is 2.39. The van der Waals surface area contributed by atoms with E-state index in [1.54, 1.807) is 12.1 Å². The summed E-state index contributed by atoms with van der Waals surface area (Å²) >= 11 is 0. The smallest absolute Gasteiger partial charge is 0.337 e. The molecule has 1 radical (unpaired) electrons. The SMILES string of the molecule is CCCC1C([NH])C[C@@H](C2CCCCC2)C[C@@H]1Nc1ccccc1C(=O)O. The van der Waals surface area contributed by atoms with Crippen LogP contribution in [0.4, 0.5) is 5.69 Å². The number of nitrogens with one attached hydrogen (secondary N) is 2. The van der Waals surface area contributed by atoms with Gasteiger partial charge in [0.15, 0.2) is 0 Å². The lowest BCUT2D eigenvalue weighted by molar-refractivity contribution is 0.0697. The van der Waals surface area contributed by atoms with Crippen molar-refractivity contribution in [2.75, 3.05) is 5.32 Å². The Hall–Kier alpha value is -1.55. The molecule has 2 fully saturated rings. The molecule has 3 N–H and O–H groups in total. The average Bonchev–Trinajstić information content (AvgIpc) is 2.65. The minimum atomic E-state index is -0.887. The van der Waals surface area contributed by atoms with Gasteiger partial charge in [0.25, 0.3) is 0 Å². The van der Waals surface area contributed by atoms with Gasteiger partial charge in [-0.25, -0.2) is 4.79 Å². The van der Waals surface area contributed by atoms with Crippen molar-refractivity contribution < 1.29 is 9.90 Å². The van der Waals surface area contributed by atoms with Crippen LogP contribution in [-0.4, -0.2) is 23.2 Å². The number of hydrogen-bond acceptors (Lipinski definition) is 2. The lowest BCUT2D eigenvalue weighted by Gasteiger charge is -2.44. The van der Waals surface area contributed by atoms with Gasteiger partial charge in [0.2, 0.25) is 0 Å². The Morgan fingerprint density at radius 1 is 1.15 bits per heavy atom. The zero-order valence-corrected chi connectivity index (χ0v) is 15.9. The predicted molar refractivity (Wildman–Crippen MR) is 105 cm³/mol. The Kier molecular flexibility index (Phi) is 6.58. The second-order valence-corrected chi connectivity index (χ2v) is 8.29. The van der Waals surface area contributed by atoms with E-state index >= 15 is 0 Å². The standard InChI is InChI=1S/C22H33N2O2/c1-2-8-17-19(23)13-16(15-9-4-3-5-10-15)14-21(17)24-20-12-7-6-11-18(20)22(25)26/h6-7,11-12,15-17,19,21,23-24H,2-5,8-10,13-14H2,1H3,(H,25,26)/t16-,17?,19?,21+/m1/s1. The van der Waals surface area contributed by atoms with E-state index in [1.165, 1.54) is 32.1 Å². The van der Waals surface area contributed by atoms with Gasteiger partial charge >= 0.3 is 5.97 Å². The van der Waals surface area contributed by atoms with Crippen LogP contribution in [0.3, 0.4) is 0 Å². The molecule has 0 heterocycles. The molecule has 0 amide bonds. The lowest BCUT2D eigenvalue weighted by Crippen LogP contribution is -2.46. The van der Waals surface area contributed by atoms with Crippen molar-refractivity contribution in [3.63, 3.8) is 0 Å². The largest absolute Gasteiger partial charge is 0.478 e. The van der Waals surface area contributed by atoms with E-state index in [0.717, 1.165) is 31.6 Å². The fourth-order valence-corrected chi connectivity index (χ4v) is 5.27. The summed E-state index contributed by atoms with van der Waals surface area (Å²) in [5, 5.41) is 13.1. The molecular formula is C22H33N2O2. The maximum atomic E-state index is 11.6. The molecule has 4 nitrogen and oxygen atoms in total. The van der Waals surface area contributed by atoms with Crippen molar-refractivity contribution >= 4 is 11.7 Å². The van der Waals surface area contributed by atoms with Crippen LogP contribution in [0.5, 0.6) is 0 Å². The second-order valence-electron chi connectivity index (χ2n) is 8.29. The molecule has 4 atom stereocenters. The summed E-state index contributed by atoms with van der Waals surface area (Å²) in [6, 6.07) is 7.37. The van der Waals surface area contributed by atoms with Crippen LogP contribution in [0.15, 0.2) is 24.3 Å². The number of anilines is 1. The molecule has 2 aliphatic carbocycles. The summed E-state index contributed by atoms with van der Waals surface area (Å²) in [6.07, 6.45) is 10.9. The minimum Gasteiger partial charge on any atom is -0.478 e. The molecule has 0 bridgehead atoms. The molecule has 3 rings (SSSR count). The first-order valence-corrected chi connectivity index (χ1v) is 10.4. The molecular weight excluding hydrogens is 324 g/mol. The second kappa shape index (κ2) is 8.90. The highest BCUT2D eigenvalue weighted by molar-refractivity contribution is 5.94. The maximum Gasteiger partial charge on any atom is 0.337 e. The Bertz CT molecular complexity index is 598. The summed E-state index contributed by atoms with van der Waals surface area (Å²) in [4.78, 5) is 11.6. The molecule has 2 aliphatic rings. The van der Waals surface area contributed by atoms with Crippen molar-refractivity contribution in [1.82, 2.24) is 5.73 Å². The van der Waals surface area contributed by atoms with Gasteiger partial charge in [-0.15, -0.1) is 0 Å². The monoisotopic (exact) mass is 357 g/mol. The molecule has 26 heavy (non-hydrogen) atoms. The summed E-state index contributed by atoms with van der Waals surface area (Å²) < 4.78 is 0. The quantitative estimate of drug-likeness (QED) is 0.732. The first-order valence-electron chi connectivity index (χ1n) is 10.4.